The Morgan fingerprint density at radius 2 is 1.55 bits per heavy atom. The summed E-state index contributed by atoms with van der Waals surface area (Å²) in [5.74, 6) is -0.568. The zero-order chi connectivity index (χ0) is 23.0. The van der Waals surface area contributed by atoms with Crippen LogP contribution in [0.3, 0.4) is 0 Å². The van der Waals surface area contributed by atoms with E-state index in [2.05, 4.69) is 10.2 Å². The average Bonchev–Trinajstić information content (AvgIpc) is 2.87. The minimum Gasteiger partial charge on any atom is -0.364 e. The molecule has 0 bridgehead atoms. The first-order valence-corrected chi connectivity index (χ1v) is 10.8. The molecular formula is C26H26N4O3. The maximum absolute atomic E-state index is 12.9. The predicted molar refractivity (Wildman–Crippen MR) is 129 cm³/mol. The van der Waals surface area contributed by atoms with Crippen LogP contribution in [-0.4, -0.2) is 30.2 Å². The van der Waals surface area contributed by atoms with Crippen molar-refractivity contribution in [1.29, 1.82) is 0 Å². The molecule has 0 saturated heterocycles. The van der Waals surface area contributed by atoms with Crippen LogP contribution in [0.4, 0.5) is 16.2 Å². The lowest BCUT2D eigenvalue weighted by molar-refractivity contribution is -0.124. The summed E-state index contributed by atoms with van der Waals surface area (Å²) in [5, 5.41) is 11.6. The van der Waals surface area contributed by atoms with E-state index in [-0.39, 0.29) is 6.03 Å². The molecule has 0 atom stereocenters. The molecule has 168 valence electrons. The first-order chi connectivity index (χ1) is 16.1. The van der Waals surface area contributed by atoms with E-state index < -0.39 is 5.91 Å². The lowest BCUT2D eigenvalue weighted by Gasteiger charge is -2.37. The zero-order valence-electron chi connectivity index (χ0n) is 18.1. The van der Waals surface area contributed by atoms with Gasteiger partial charge in [-0.25, -0.2) is 10.3 Å². The van der Waals surface area contributed by atoms with Crippen LogP contribution in [0.15, 0.2) is 84.9 Å². The van der Waals surface area contributed by atoms with Gasteiger partial charge in [-0.3, -0.25) is 14.9 Å². The first-order valence-electron chi connectivity index (χ1n) is 10.8. The summed E-state index contributed by atoms with van der Waals surface area (Å²) in [6.45, 7) is 2.50. The minimum atomic E-state index is -0.568. The van der Waals surface area contributed by atoms with Gasteiger partial charge in [0, 0.05) is 32.3 Å². The Kier molecular flexibility index (Phi) is 7.02. The van der Waals surface area contributed by atoms with Gasteiger partial charge in [-0.05, 0) is 34.9 Å². The van der Waals surface area contributed by atoms with Gasteiger partial charge in [-0.2, -0.15) is 0 Å². The molecule has 1 heterocycles. The topological polar surface area (TPSA) is 84.9 Å². The smallest absolute Gasteiger partial charge is 0.322 e. The SMILES string of the molecule is O=C(C=Cc1ccc(CN2CCN(C(=O)NCc3ccccc3)c3ccccc32)cc1)NO. The van der Waals surface area contributed by atoms with Crippen molar-refractivity contribution in [2.75, 3.05) is 22.9 Å². The van der Waals surface area contributed by atoms with Gasteiger partial charge in [0.25, 0.3) is 5.91 Å². The van der Waals surface area contributed by atoms with E-state index >= 15 is 0 Å². The summed E-state index contributed by atoms with van der Waals surface area (Å²) >= 11 is 0. The number of hydrogen-bond donors (Lipinski definition) is 3. The van der Waals surface area contributed by atoms with Crippen molar-refractivity contribution in [2.45, 2.75) is 13.1 Å². The van der Waals surface area contributed by atoms with Crippen LogP contribution in [-0.2, 0) is 17.9 Å². The number of rotatable bonds is 6. The van der Waals surface area contributed by atoms with Crippen molar-refractivity contribution in [2.24, 2.45) is 0 Å². The van der Waals surface area contributed by atoms with Gasteiger partial charge < -0.3 is 10.2 Å². The highest BCUT2D eigenvalue weighted by atomic mass is 16.5. The van der Waals surface area contributed by atoms with E-state index in [0.29, 0.717) is 26.2 Å². The number of anilines is 2. The fraction of sp³-hybridized carbons (Fsp3) is 0.154. The lowest BCUT2D eigenvalue weighted by Crippen LogP contribution is -2.47. The third kappa shape index (κ3) is 5.58. The zero-order valence-corrected chi connectivity index (χ0v) is 18.1. The summed E-state index contributed by atoms with van der Waals surface area (Å²) in [6, 6.07) is 25.6. The highest BCUT2D eigenvalue weighted by Crippen LogP contribution is 2.33. The number of carbonyl (C=O) groups is 2. The molecule has 1 aliphatic heterocycles. The molecule has 7 heteroatoms. The quantitative estimate of drug-likeness (QED) is 0.307. The Morgan fingerprint density at radius 1 is 0.848 bits per heavy atom. The van der Waals surface area contributed by atoms with Crippen molar-refractivity contribution < 1.29 is 14.8 Å². The van der Waals surface area contributed by atoms with E-state index in [1.165, 1.54) is 6.08 Å². The molecule has 0 spiro atoms. The lowest BCUT2D eigenvalue weighted by atomic mass is 10.1. The molecule has 0 aliphatic carbocycles. The molecule has 0 aromatic heterocycles. The van der Waals surface area contributed by atoms with Crippen LogP contribution >= 0.6 is 0 Å². The van der Waals surface area contributed by atoms with Gasteiger partial charge in [0.15, 0.2) is 0 Å². The van der Waals surface area contributed by atoms with Crippen LogP contribution in [0.25, 0.3) is 6.08 Å². The molecule has 3 amide bonds. The largest absolute Gasteiger partial charge is 0.364 e. The number of benzene rings is 3. The summed E-state index contributed by atoms with van der Waals surface area (Å²) < 4.78 is 0. The summed E-state index contributed by atoms with van der Waals surface area (Å²) in [5.41, 5.74) is 6.53. The Balaban J connectivity index is 1.43. The minimum absolute atomic E-state index is 0.103. The first kappa shape index (κ1) is 22.1. The highest BCUT2D eigenvalue weighted by Gasteiger charge is 2.26. The van der Waals surface area contributed by atoms with Crippen molar-refractivity contribution in [1.82, 2.24) is 10.8 Å². The van der Waals surface area contributed by atoms with Crippen LogP contribution in [0.5, 0.6) is 0 Å². The van der Waals surface area contributed by atoms with Gasteiger partial charge in [0.05, 0.1) is 11.4 Å². The van der Waals surface area contributed by atoms with E-state index in [1.54, 1.807) is 16.5 Å². The van der Waals surface area contributed by atoms with Crippen molar-refractivity contribution in [3.63, 3.8) is 0 Å². The molecular weight excluding hydrogens is 416 g/mol. The molecule has 3 aromatic rings. The molecule has 0 unspecified atom stereocenters. The summed E-state index contributed by atoms with van der Waals surface area (Å²) in [4.78, 5) is 28.1. The van der Waals surface area contributed by atoms with Crippen molar-refractivity contribution in [3.05, 3.63) is 102 Å². The second kappa shape index (κ2) is 10.5. The van der Waals surface area contributed by atoms with Crippen LogP contribution in [0, 0.1) is 0 Å². The Labute approximate surface area is 192 Å². The van der Waals surface area contributed by atoms with Gasteiger partial charge in [0.1, 0.15) is 0 Å². The Morgan fingerprint density at radius 3 is 2.27 bits per heavy atom. The summed E-state index contributed by atoms with van der Waals surface area (Å²) in [6.07, 6.45) is 2.91. The fourth-order valence-corrected chi connectivity index (χ4v) is 3.83. The standard InChI is InChI=1S/C26H26N4O3/c31-25(28-33)15-14-20-10-12-22(13-11-20)19-29-16-17-30(24-9-5-4-8-23(24)29)26(32)27-18-21-6-2-1-3-7-21/h1-15,33H,16-19H2,(H,27,32)(H,28,31). The third-order valence-corrected chi connectivity index (χ3v) is 5.53. The maximum atomic E-state index is 12.9. The second-order valence-corrected chi connectivity index (χ2v) is 7.76. The maximum Gasteiger partial charge on any atom is 0.322 e. The van der Waals surface area contributed by atoms with E-state index in [9.17, 15) is 9.59 Å². The number of fused-ring (bicyclic) bond motifs is 1. The fourth-order valence-electron chi connectivity index (χ4n) is 3.83. The molecule has 1 aliphatic rings. The number of nitrogens with one attached hydrogen (secondary N) is 2. The number of urea groups is 1. The molecule has 3 N–H and O–H groups in total. The average molecular weight is 443 g/mol. The van der Waals surface area contributed by atoms with E-state index in [0.717, 1.165) is 28.1 Å². The number of hydroxylamine groups is 1. The van der Waals surface area contributed by atoms with E-state index in [4.69, 9.17) is 5.21 Å². The van der Waals surface area contributed by atoms with Gasteiger partial charge in [-0.1, -0.05) is 66.7 Å². The van der Waals surface area contributed by atoms with Crippen molar-refractivity contribution >= 4 is 29.4 Å². The van der Waals surface area contributed by atoms with Gasteiger partial charge in [0.2, 0.25) is 0 Å². The monoisotopic (exact) mass is 442 g/mol. The highest BCUT2D eigenvalue weighted by molar-refractivity contribution is 5.96. The molecule has 4 rings (SSSR count). The number of nitrogens with zero attached hydrogens (tertiary/aromatic N) is 2. The molecule has 3 aromatic carbocycles. The predicted octanol–water partition coefficient (Wildman–Crippen LogP) is 3.94. The van der Waals surface area contributed by atoms with Crippen LogP contribution in [0.2, 0.25) is 0 Å². The summed E-state index contributed by atoms with van der Waals surface area (Å²) in [7, 11) is 0. The molecule has 0 radical (unpaired) electrons. The molecule has 33 heavy (non-hydrogen) atoms. The van der Waals surface area contributed by atoms with Gasteiger partial charge in [-0.15, -0.1) is 0 Å². The number of hydrogen-bond acceptors (Lipinski definition) is 4. The van der Waals surface area contributed by atoms with Crippen molar-refractivity contribution in [3.8, 4) is 0 Å². The van der Waals surface area contributed by atoms with E-state index in [1.807, 2.05) is 78.9 Å². The molecule has 7 nitrogen and oxygen atoms in total. The number of amides is 3. The van der Waals surface area contributed by atoms with Crippen LogP contribution < -0.4 is 20.6 Å². The second-order valence-electron chi connectivity index (χ2n) is 7.76. The number of carbonyl (C=O) groups excluding carboxylic acids is 2. The van der Waals surface area contributed by atoms with Crippen LogP contribution in [0.1, 0.15) is 16.7 Å². The normalized spacial score (nSPS) is 13.0. The molecule has 0 fully saturated rings. The van der Waals surface area contributed by atoms with Gasteiger partial charge >= 0.3 is 6.03 Å². The third-order valence-electron chi connectivity index (χ3n) is 5.53. The Bertz CT molecular complexity index is 1130. The molecule has 0 saturated carbocycles. The Hall–Kier alpha value is -4.10. The number of para-hydroxylation sites is 2.